The van der Waals surface area contributed by atoms with Crippen molar-refractivity contribution in [1.82, 2.24) is 10.3 Å². The summed E-state index contributed by atoms with van der Waals surface area (Å²) in [5, 5.41) is 5.14. The van der Waals surface area contributed by atoms with Gasteiger partial charge >= 0.3 is 0 Å². The largest absolute Gasteiger partial charge is 0.316 e. The summed E-state index contributed by atoms with van der Waals surface area (Å²) in [5.41, 5.74) is 2.05. The highest BCUT2D eigenvalue weighted by Gasteiger charge is 2.03. The molecule has 0 saturated carbocycles. The molecule has 2 heterocycles. The number of nitrogens with zero attached hydrogens (tertiary/aromatic N) is 1. The SMILES string of the molecule is CNCc1csc(-c2cncc(F)c2)c1. The number of halogens is 1. The minimum atomic E-state index is -0.295. The Hall–Kier alpha value is -1.26. The molecule has 0 fully saturated rings. The first-order valence-corrected chi connectivity index (χ1v) is 5.50. The molecule has 0 radical (unpaired) electrons. The lowest BCUT2D eigenvalue weighted by molar-refractivity contribution is 0.622. The van der Waals surface area contributed by atoms with Gasteiger partial charge in [0.15, 0.2) is 0 Å². The van der Waals surface area contributed by atoms with E-state index in [0.717, 1.165) is 17.0 Å². The molecule has 0 aliphatic heterocycles. The molecule has 0 aliphatic rings. The van der Waals surface area contributed by atoms with E-state index in [1.807, 2.05) is 7.05 Å². The highest BCUT2D eigenvalue weighted by Crippen LogP contribution is 2.26. The van der Waals surface area contributed by atoms with Crippen LogP contribution in [0.4, 0.5) is 4.39 Å². The van der Waals surface area contributed by atoms with Crippen molar-refractivity contribution in [3.8, 4) is 10.4 Å². The second-order valence-electron chi connectivity index (χ2n) is 3.24. The molecule has 0 spiro atoms. The Labute approximate surface area is 91.8 Å². The van der Waals surface area contributed by atoms with Gasteiger partial charge < -0.3 is 5.32 Å². The molecule has 15 heavy (non-hydrogen) atoms. The van der Waals surface area contributed by atoms with E-state index >= 15 is 0 Å². The van der Waals surface area contributed by atoms with Crippen molar-refractivity contribution < 1.29 is 4.39 Å². The highest BCUT2D eigenvalue weighted by molar-refractivity contribution is 7.13. The monoisotopic (exact) mass is 222 g/mol. The lowest BCUT2D eigenvalue weighted by atomic mass is 10.2. The van der Waals surface area contributed by atoms with Crippen molar-refractivity contribution in [2.75, 3.05) is 7.05 Å². The summed E-state index contributed by atoms with van der Waals surface area (Å²) in [6.45, 7) is 0.833. The number of nitrogens with one attached hydrogen (secondary N) is 1. The topological polar surface area (TPSA) is 24.9 Å². The van der Waals surface area contributed by atoms with Gasteiger partial charge in [-0.1, -0.05) is 0 Å². The van der Waals surface area contributed by atoms with Crippen LogP contribution in [0, 0.1) is 5.82 Å². The van der Waals surface area contributed by atoms with Gasteiger partial charge in [-0.05, 0) is 30.1 Å². The van der Waals surface area contributed by atoms with Crippen molar-refractivity contribution in [1.29, 1.82) is 0 Å². The van der Waals surface area contributed by atoms with Crippen molar-refractivity contribution in [3.63, 3.8) is 0 Å². The van der Waals surface area contributed by atoms with Crippen LogP contribution in [0.3, 0.4) is 0 Å². The first-order valence-electron chi connectivity index (χ1n) is 4.62. The molecule has 0 aliphatic carbocycles. The first-order chi connectivity index (χ1) is 7.29. The quantitative estimate of drug-likeness (QED) is 0.863. The van der Waals surface area contributed by atoms with Crippen LogP contribution in [0.25, 0.3) is 10.4 Å². The van der Waals surface area contributed by atoms with Gasteiger partial charge in [0.1, 0.15) is 5.82 Å². The number of pyridine rings is 1. The highest BCUT2D eigenvalue weighted by atomic mass is 32.1. The van der Waals surface area contributed by atoms with Gasteiger partial charge in [0.05, 0.1) is 6.20 Å². The van der Waals surface area contributed by atoms with Crippen LogP contribution < -0.4 is 5.32 Å². The molecule has 2 nitrogen and oxygen atoms in total. The summed E-state index contributed by atoms with van der Waals surface area (Å²) in [4.78, 5) is 4.88. The fraction of sp³-hybridized carbons (Fsp3) is 0.182. The van der Waals surface area contributed by atoms with Crippen LogP contribution in [0.1, 0.15) is 5.56 Å². The Morgan fingerprint density at radius 2 is 2.27 bits per heavy atom. The van der Waals surface area contributed by atoms with E-state index in [2.05, 4.69) is 21.7 Å². The van der Waals surface area contributed by atoms with E-state index in [1.165, 1.54) is 17.8 Å². The third kappa shape index (κ3) is 2.40. The molecule has 2 aromatic rings. The average Bonchev–Trinajstić information content (AvgIpc) is 2.67. The zero-order chi connectivity index (χ0) is 10.7. The normalized spacial score (nSPS) is 10.5. The number of thiophene rings is 1. The van der Waals surface area contributed by atoms with E-state index in [4.69, 9.17) is 0 Å². The van der Waals surface area contributed by atoms with Crippen LogP contribution in [0.5, 0.6) is 0 Å². The minimum Gasteiger partial charge on any atom is -0.316 e. The molecular weight excluding hydrogens is 211 g/mol. The van der Waals surface area contributed by atoms with Crippen molar-refractivity contribution in [2.45, 2.75) is 6.54 Å². The van der Waals surface area contributed by atoms with E-state index in [9.17, 15) is 4.39 Å². The van der Waals surface area contributed by atoms with Gasteiger partial charge in [-0.3, -0.25) is 4.98 Å². The van der Waals surface area contributed by atoms with Crippen LogP contribution in [0.15, 0.2) is 29.9 Å². The van der Waals surface area contributed by atoms with Gasteiger partial charge in [-0.25, -0.2) is 4.39 Å². The lowest BCUT2D eigenvalue weighted by Gasteiger charge is -1.96. The maximum Gasteiger partial charge on any atom is 0.142 e. The molecule has 0 saturated heterocycles. The molecular formula is C11H11FN2S. The molecule has 78 valence electrons. The van der Waals surface area contributed by atoms with E-state index in [1.54, 1.807) is 17.5 Å². The standard InChI is InChI=1S/C11H11FN2S/c1-13-4-8-2-11(15-7-8)9-3-10(12)6-14-5-9/h2-3,5-7,13H,4H2,1H3. The summed E-state index contributed by atoms with van der Waals surface area (Å²) >= 11 is 1.60. The Bertz CT molecular complexity index is 453. The molecule has 1 N–H and O–H groups in total. The molecule has 0 amide bonds. The van der Waals surface area contributed by atoms with E-state index in [0.29, 0.717) is 0 Å². The molecule has 4 heteroatoms. The Kier molecular flexibility index (Phi) is 3.08. The predicted molar refractivity (Wildman–Crippen MR) is 60.3 cm³/mol. The summed E-state index contributed by atoms with van der Waals surface area (Å²) in [7, 11) is 1.90. The van der Waals surface area contributed by atoms with Crippen LogP contribution >= 0.6 is 11.3 Å². The van der Waals surface area contributed by atoms with E-state index in [-0.39, 0.29) is 5.82 Å². The molecule has 0 aromatic carbocycles. The van der Waals surface area contributed by atoms with Crippen LogP contribution in [-0.4, -0.2) is 12.0 Å². The number of rotatable bonds is 3. The van der Waals surface area contributed by atoms with Gasteiger partial charge in [0.2, 0.25) is 0 Å². The van der Waals surface area contributed by atoms with Crippen molar-refractivity contribution >= 4 is 11.3 Å². The molecule has 0 bridgehead atoms. The minimum absolute atomic E-state index is 0.295. The van der Waals surface area contributed by atoms with E-state index < -0.39 is 0 Å². The van der Waals surface area contributed by atoms with Gasteiger partial charge in [-0.2, -0.15) is 0 Å². The second kappa shape index (κ2) is 4.51. The number of hydrogen-bond acceptors (Lipinski definition) is 3. The number of hydrogen-bond donors (Lipinski definition) is 1. The Morgan fingerprint density at radius 3 is 3.00 bits per heavy atom. The molecule has 0 atom stereocenters. The second-order valence-corrected chi connectivity index (χ2v) is 4.15. The zero-order valence-electron chi connectivity index (χ0n) is 8.33. The smallest absolute Gasteiger partial charge is 0.142 e. The fourth-order valence-corrected chi connectivity index (χ4v) is 2.27. The fourth-order valence-electron chi connectivity index (χ4n) is 1.37. The maximum absolute atomic E-state index is 12.9. The van der Waals surface area contributed by atoms with Gasteiger partial charge in [0.25, 0.3) is 0 Å². The van der Waals surface area contributed by atoms with Crippen molar-refractivity contribution in [2.24, 2.45) is 0 Å². The molecule has 2 rings (SSSR count). The number of aromatic nitrogens is 1. The predicted octanol–water partition coefficient (Wildman–Crippen LogP) is 2.67. The Morgan fingerprint density at radius 1 is 1.40 bits per heavy atom. The summed E-state index contributed by atoms with van der Waals surface area (Å²) in [5.74, 6) is -0.295. The zero-order valence-corrected chi connectivity index (χ0v) is 9.14. The molecule has 2 aromatic heterocycles. The van der Waals surface area contributed by atoms with Gasteiger partial charge in [-0.15, -0.1) is 11.3 Å². The average molecular weight is 222 g/mol. The van der Waals surface area contributed by atoms with Crippen molar-refractivity contribution in [3.05, 3.63) is 41.3 Å². The Balaban J connectivity index is 2.29. The molecule has 0 unspecified atom stereocenters. The maximum atomic E-state index is 12.9. The first kappa shape index (κ1) is 10.3. The summed E-state index contributed by atoms with van der Waals surface area (Å²) in [6, 6.07) is 3.56. The summed E-state index contributed by atoms with van der Waals surface area (Å²) < 4.78 is 12.9. The third-order valence-electron chi connectivity index (χ3n) is 2.02. The van der Waals surface area contributed by atoms with Crippen LogP contribution in [-0.2, 0) is 6.54 Å². The summed E-state index contributed by atoms with van der Waals surface area (Å²) in [6.07, 6.45) is 2.89. The van der Waals surface area contributed by atoms with Gasteiger partial charge in [0, 0.05) is 23.2 Å². The third-order valence-corrected chi connectivity index (χ3v) is 3.05. The lowest BCUT2D eigenvalue weighted by Crippen LogP contribution is -2.03. The van der Waals surface area contributed by atoms with Crippen LogP contribution in [0.2, 0.25) is 0 Å².